The van der Waals surface area contributed by atoms with Crippen molar-refractivity contribution in [3.63, 3.8) is 0 Å². The average molecular weight is 400 g/mol. The van der Waals surface area contributed by atoms with Crippen LogP contribution >= 0.6 is 0 Å². The van der Waals surface area contributed by atoms with Crippen LogP contribution in [0, 0.1) is 0 Å². The van der Waals surface area contributed by atoms with Crippen LogP contribution in [0.3, 0.4) is 0 Å². The second kappa shape index (κ2) is 9.67. The van der Waals surface area contributed by atoms with E-state index in [4.69, 9.17) is 14.2 Å². The molecule has 1 aromatic rings. The number of ether oxygens (including phenoxy) is 3. The fourth-order valence-corrected chi connectivity index (χ4v) is 3.85. The molecule has 0 radical (unpaired) electrons. The van der Waals surface area contributed by atoms with E-state index in [-0.39, 0.29) is 30.1 Å². The molecule has 0 atom stereocenters. The van der Waals surface area contributed by atoms with Gasteiger partial charge in [0.25, 0.3) is 5.91 Å². The van der Waals surface area contributed by atoms with Gasteiger partial charge in [0.05, 0.1) is 30.4 Å². The van der Waals surface area contributed by atoms with Crippen molar-refractivity contribution in [3.05, 3.63) is 18.2 Å². The summed E-state index contributed by atoms with van der Waals surface area (Å²) in [5.41, 5.74) is 0.198. The maximum atomic E-state index is 12.8. The fraction of sp³-hybridized carbons (Fsp3) is 0.529. The molecule has 0 unspecified atom stereocenters. The molecule has 0 aliphatic carbocycles. The largest absolute Gasteiger partial charge is 0.492 e. The highest BCUT2D eigenvalue weighted by Gasteiger charge is 2.27. The third kappa shape index (κ3) is 5.65. The van der Waals surface area contributed by atoms with E-state index in [2.05, 4.69) is 5.32 Å². The summed E-state index contributed by atoms with van der Waals surface area (Å²) in [5, 5.41) is 2.54. The normalized spacial score (nSPS) is 15.2. The number of carbonyl (C=O) groups is 2. The van der Waals surface area contributed by atoms with Crippen LogP contribution in [0.5, 0.6) is 5.75 Å². The highest BCUT2D eigenvalue weighted by Crippen LogP contribution is 2.29. The molecule has 27 heavy (non-hydrogen) atoms. The van der Waals surface area contributed by atoms with E-state index in [9.17, 15) is 18.0 Å². The van der Waals surface area contributed by atoms with Crippen LogP contribution in [0.1, 0.15) is 20.3 Å². The lowest BCUT2D eigenvalue weighted by Crippen LogP contribution is -2.40. The summed E-state index contributed by atoms with van der Waals surface area (Å²) in [6, 6.07) is 4.27. The Bertz CT molecular complexity index is 773. The number of amides is 1. The third-order valence-electron chi connectivity index (χ3n) is 3.79. The molecular formula is C17H24N2O7S. The van der Waals surface area contributed by atoms with E-state index in [0.717, 1.165) is 0 Å². The molecule has 1 fully saturated rings. The fourth-order valence-electron chi connectivity index (χ4n) is 2.42. The second-order valence-electron chi connectivity index (χ2n) is 5.67. The first-order chi connectivity index (χ1) is 12.9. The lowest BCUT2D eigenvalue weighted by atomic mass is 10.3. The molecule has 1 heterocycles. The summed E-state index contributed by atoms with van der Waals surface area (Å²) < 4.78 is 42.3. The van der Waals surface area contributed by atoms with Crippen LogP contribution < -0.4 is 10.1 Å². The number of anilines is 1. The van der Waals surface area contributed by atoms with E-state index in [1.54, 1.807) is 13.8 Å². The zero-order valence-electron chi connectivity index (χ0n) is 15.4. The van der Waals surface area contributed by atoms with Gasteiger partial charge in [0, 0.05) is 19.5 Å². The van der Waals surface area contributed by atoms with Gasteiger partial charge in [-0.05, 0) is 25.1 Å². The number of rotatable bonds is 8. The third-order valence-corrected chi connectivity index (χ3v) is 5.68. The Morgan fingerprint density at radius 3 is 2.56 bits per heavy atom. The molecular weight excluding hydrogens is 376 g/mol. The summed E-state index contributed by atoms with van der Waals surface area (Å²) in [6.07, 6.45) is 0.157. The van der Waals surface area contributed by atoms with Crippen LogP contribution in [-0.4, -0.2) is 64.1 Å². The monoisotopic (exact) mass is 400 g/mol. The van der Waals surface area contributed by atoms with E-state index in [0.29, 0.717) is 25.6 Å². The maximum Gasteiger partial charge on any atom is 0.306 e. The molecule has 0 saturated carbocycles. The molecule has 1 N–H and O–H groups in total. The topological polar surface area (TPSA) is 111 Å². The van der Waals surface area contributed by atoms with Crippen molar-refractivity contribution in [2.45, 2.75) is 25.2 Å². The predicted octanol–water partition coefficient (Wildman–Crippen LogP) is 0.998. The van der Waals surface area contributed by atoms with Crippen molar-refractivity contribution in [1.82, 2.24) is 4.31 Å². The number of benzene rings is 1. The lowest BCUT2D eigenvalue weighted by molar-refractivity contribution is -0.146. The predicted molar refractivity (Wildman–Crippen MR) is 97.1 cm³/mol. The number of sulfonamides is 1. The number of nitrogens with one attached hydrogen (secondary N) is 1. The van der Waals surface area contributed by atoms with Gasteiger partial charge in [0.2, 0.25) is 10.0 Å². The smallest absolute Gasteiger partial charge is 0.306 e. The zero-order chi connectivity index (χ0) is 19.9. The first kappa shape index (κ1) is 21.1. The summed E-state index contributed by atoms with van der Waals surface area (Å²) in [4.78, 5) is 23.2. The minimum Gasteiger partial charge on any atom is -0.492 e. The lowest BCUT2D eigenvalue weighted by Gasteiger charge is -2.26. The summed E-state index contributed by atoms with van der Waals surface area (Å²) in [6.45, 7) is 4.47. The van der Waals surface area contributed by atoms with Crippen molar-refractivity contribution >= 4 is 27.6 Å². The Labute approximate surface area is 158 Å². The number of morpholine rings is 1. The molecule has 1 aliphatic heterocycles. The highest BCUT2D eigenvalue weighted by atomic mass is 32.2. The standard InChI is InChI=1S/C17H24N2O7S/c1-3-17(21)26-12-16(20)18-14-11-13(5-6-15(14)25-4-2)27(22,23)19-7-9-24-10-8-19/h5-6,11H,3-4,7-10,12H2,1-2H3,(H,18,20). The summed E-state index contributed by atoms with van der Waals surface area (Å²) in [5.74, 6) is -0.758. The number of carbonyl (C=O) groups excluding carboxylic acids is 2. The maximum absolute atomic E-state index is 12.8. The number of hydrogen-bond donors (Lipinski definition) is 1. The zero-order valence-corrected chi connectivity index (χ0v) is 16.2. The molecule has 1 aromatic carbocycles. The van der Waals surface area contributed by atoms with Crippen molar-refractivity contribution in [2.75, 3.05) is 44.8 Å². The van der Waals surface area contributed by atoms with Gasteiger partial charge in [0.15, 0.2) is 6.61 Å². The Hall–Kier alpha value is -2.17. The number of hydrogen-bond acceptors (Lipinski definition) is 7. The van der Waals surface area contributed by atoms with Gasteiger partial charge in [-0.3, -0.25) is 9.59 Å². The molecule has 10 heteroatoms. The SMILES string of the molecule is CCOc1ccc(S(=O)(=O)N2CCOCC2)cc1NC(=O)COC(=O)CC. The summed E-state index contributed by atoms with van der Waals surface area (Å²) >= 11 is 0. The van der Waals surface area contributed by atoms with Crippen LogP contribution in [0.25, 0.3) is 0 Å². The van der Waals surface area contributed by atoms with E-state index < -0.39 is 28.5 Å². The Balaban J connectivity index is 2.22. The first-order valence-corrected chi connectivity index (χ1v) is 10.1. The quantitative estimate of drug-likeness (QED) is 0.648. The van der Waals surface area contributed by atoms with Crippen LogP contribution in [0.15, 0.2) is 23.1 Å². The molecule has 150 valence electrons. The van der Waals surface area contributed by atoms with Gasteiger partial charge >= 0.3 is 5.97 Å². The van der Waals surface area contributed by atoms with Crippen LogP contribution in [0.4, 0.5) is 5.69 Å². The summed E-state index contributed by atoms with van der Waals surface area (Å²) in [7, 11) is -3.72. The van der Waals surface area contributed by atoms with Gasteiger partial charge in [-0.1, -0.05) is 6.92 Å². The van der Waals surface area contributed by atoms with Gasteiger partial charge in [0.1, 0.15) is 5.75 Å². The number of nitrogens with zero attached hydrogens (tertiary/aromatic N) is 1. The van der Waals surface area contributed by atoms with Crippen LogP contribution in [0.2, 0.25) is 0 Å². The first-order valence-electron chi connectivity index (χ1n) is 8.68. The Morgan fingerprint density at radius 1 is 1.22 bits per heavy atom. The van der Waals surface area contributed by atoms with Crippen molar-refractivity contribution in [2.24, 2.45) is 0 Å². The Kier molecular flexibility index (Phi) is 7.57. The molecule has 9 nitrogen and oxygen atoms in total. The number of esters is 1. The average Bonchev–Trinajstić information content (AvgIpc) is 2.68. The van der Waals surface area contributed by atoms with E-state index >= 15 is 0 Å². The van der Waals surface area contributed by atoms with Crippen molar-refractivity contribution < 1.29 is 32.2 Å². The molecule has 0 bridgehead atoms. The van der Waals surface area contributed by atoms with Gasteiger partial charge in [-0.25, -0.2) is 8.42 Å². The molecule has 0 aromatic heterocycles. The molecule has 1 aliphatic rings. The highest BCUT2D eigenvalue weighted by molar-refractivity contribution is 7.89. The van der Waals surface area contributed by atoms with E-state index in [1.165, 1.54) is 22.5 Å². The second-order valence-corrected chi connectivity index (χ2v) is 7.61. The molecule has 1 amide bonds. The van der Waals surface area contributed by atoms with Gasteiger partial charge in [-0.15, -0.1) is 0 Å². The Morgan fingerprint density at radius 2 is 1.93 bits per heavy atom. The van der Waals surface area contributed by atoms with E-state index in [1.807, 2.05) is 0 Å². The van der Waals surface area contributed by atoms with Gasteiger partial charge < -0.3 is 19.5 Å². The van der Waals surface area contributed by atoms with Gasteiger partial charge in [-0.2, -0.15) is 4.31 Å². The minimum absolute atomic E-state index is 0.0358. The molecule has 1 saturated heterocycles. The molecule has 0 spiro atoms. The van der Waals surface area contributed by atoms with Crippen molar-refractivity contribution in [3.8, 4) is 5.75 Å². The minimum atomic E-state index is -3.72. The molecule has 2 rings (SSSR count). The van der Waals surface area contributed by atoms with Crippen molar-refractivity contribution in [1.29, 1.82) is 0 Å². The van der Waals surface area contributed by atoms with Crippen LogP contribution in [-0.2, 0) is 29.1 Å².